The lowest BCUT2D eigenvalue weighted by atomic mass is 10.1. The molecule has 1 aromatic carbocycles. The van der Waals surface area contributed by atoms with Gasteiger partial charge in [0.15, 0.2) is 0 Å². The maximum atomic E-state index is 12.8. The molecule has 0 bridgehead atoms. The molecular weight excluding hydrogens is 319 g/mol. The highest BCUT2D eigenvalue weighted by atomic mass is 35.5. The van der Waals surface area contributed by atoms with Gasteiger partial charge in [-0.2, -0.15) is 13.2 Å². The number of hydrogen-bond acceptors (Lipinski definition) is 2. The summed E-state index contributed by atoms with van der Waals surface area (Å²) in [6.45, 7) is 3.08. The Balaban J connectivity index is 1.98. The van der Waals surface area contributed by atoms with E-state index in [9.17, 15) is 13.2 Å². The fraction of sp³-hybridized carbons (Fsp3) is 0.333. The second-order valence-electron chi connectivity index (χ2n) is 4.82. The van der Waals surface area contributed by atoms with Crippen molar-refractivity contribution >= 4 is 22.9 Å². The minimum absolute atomic E-state index is 0.221. The average Bonchev–Trinajstić information content (AvgIpc) is 2.93. The maximum Gasteiger partial charge on any atom is 0.417 e. The average molecular weight is 334 g/mol. The van der Waals surface area contributed by atoms with E-state index in [1.54, 1.807) is 17.4 Å². The van der Waals surface area contributed by atoms with Crippen LogP contribution in [0.15, 0.2) is 35.7 Å². The van der Waals surface area contributed by atoms with Crippen LogP contribution in [-0.2, 0) is 12.7 Å². The Hall–Kier alpha value is -1.04. The van der Waals surface area contributed by atoms with Gasteiger partial charge in [0, 0.05) is 23.9 Å². The van der Waals surface area contributed by atoms with Crippen molar-refractivity contribution in [1.82, 2.24) is 5.32 Å². The quantitative estimate of drug-likeness (QED) is 0.781. The molecule has 0 spiro atoms. The topological polar surface area (TPSA) is 12.0 Å². The molecule has 0 saturated carbocycles. The fourth-order valence-electron chi connectivity index (χ4n) is 2.03. The molecule has 0 fully saturated rings. The van der Waals surface area contributed by atoms with E-state index in [1.165, 1.54) is 10.9 Å². The maximum absolute atomic E-state index is 12.8. The second kappa shape index (κ2) is 6.81. The Bertz CT molecular complexity index is 581. The number of alkyl halides is 3. The van der Waals surface area contributed by atoms with E-state index in [1.807, 2.05) is 17.5 Å². The second-order valence-corrected chi connectivity index (χ2v) is 6.18. The van der Waals surface area contributed by atoms with Crippen LogP contribution in [0.5, 0.6) is 0 Å². The normalized spacial score (nSPS) is 13.4. The Labute approximate surface area is 130 Å². The van der Waals surface area contributed by atoms with Crippen molar-refractivity contribution in [3.8, 4) is 0 Å². The third-order valence-corrected chi connectivity index (χ3v) is 4.73. The van der Waals surface area contributed by atoms with Crippen LogP contribution in [0.2, 0.25) is 5.02 Å². The van der Waals surface area contributed by atoms with Crippen molar-refractivity contribution in [2.45, 2.75) is 25.6 Å². The molecule has 0 aliphatic heterocycles. The molecule has 6 heteroatoms. The zero-order chi connectivity index (χ0) is 15.5. The molecule has 1 unspecified atom stereocenters. The van der Waals surface area contributed by atoms with Gasteiger partial charge >= 0.3 is 6.18 Å². The summed E-state index contributed by atoms with van der Waals surface area (Å²) < 4.78 is 38.3. The predicted molar refractivity (Wildman–Crippen MR) is 80.9 cm³/mol. The van der Waals surface area contributed by atoms with Gasteiger partial charge in [-0.05, 0) is 23.1 Å². The minimum atomic E-state index is -4.42. The highest BCUT2D eigenvalue weighted by Gasteiger charge is 2.33. The number of rotatable bonds is 5. The molecule has 2 rings (SSSR count). The number of nitrogens with one attached hydrogen (secondary N) is 1. The van der Waals surface area contributed by atoms with Gasteiger partial charge < -0.3 is 5.32 Å². The molecule has 114 valence electrons. The third-order valence-electron chi connectivity index (χ3n) is 3.18. The van der Waals surface area contributed by atoms with Crippen LogP contribution >= 0.6 is 22.9 Å². The van der Waals surface area contributed by atoms with E-state index in [0.29, 0.717) is 24.6 Å². The van der Waals surface area contributed by atoms with Crippen molar-refractivity contribution in [2.24, 2.45) is 0 Å². The van der Waals surface area contributed by atoms with Crippen LogP contribution in [-0.4, -0.2) is 6.54 Å². The van der Waals surface area contributed by atoms with Crippen LogP contribution < -0.4 is 5.32 Å². The smallest absolute Gasteiger partial charge is 0.312 e. The molecule has 2 aromatic rings. The Kier molecular flexibility index (Phi) is 5.30. The standard InChI is InChI=1S/C15H15ClF3NS/c1-10(13-6-3-7-21-13)8-20-9-11-4-2-5-12(14(11)16)15(17,18)19/h2-7,10,20H,8-9H2,1H3. The largest absolute Gasteiger partial charge is 0.417 e. The zero-order valence-electron chi connectivity index (χ0n) is 11.4. The Morgan fingerprint density at radius 1 is 1.24 bits per heavy atom. The lowest BCUT2D eigenvalue weighted by Gasteiger charge is -2.14. The monoisotopic (exact) mass is 333 g/mol. The SMILES string of the molecule is CC(CNCc1cccc(C(F)(F)F)c1Cl)c1cccs1. The first kappa shape index (κ1) is 16.3. The fourth-order valence-corrected chi connectivity index (χ4v) is 3.12. The molecule has 1 N–H and O–H groups in total. The van der Waals surface area contributed by atoms with Crippen LogP contribution in [0, 0.1) is 0 Å². The molecule has 0 saturated heterocycles. The number of halogens is 4. The van der Waals surface area contributed by atoms with Gasteiger partial charge in [-0.25, -0.2) is 0 Å². The summed E-state index contributed by atoms with van der Waals surface area (Å²) in [5, 5.41) is 4.95. The summed E-state index contributed by atoms with van der Waals surface area (Å²) in [6, 6.07) is 8.03. The first-order valence-electron chi connectivity index (χ1n) is 6.48. The Morgan fingerprint density at radius 2 is 2.00 bits per heavy atom. The summed E-state index contributed by atoms with van der Waals surface area (Å²) >= 11 is 7.52. The lowest BCUT2D eigenvalue weighted by molar-refractivity contribution is -0.137. The molecule has 0 aliphatic rings. The molecule has 0 amide bonds. The van der Waals surface area contributed by atoms with Crippen molar-refractivity contribution in [2.75, 3.05) is 6.54 Å². The van der Waals surface area contributed by atoms with Gasteiger partial charge in [0.1, 0.15) is 0 Å². The molecule has 1 nitrogen and oxygen atoms in total. The van der Waals surface area contributed by atoms with Crippen molar-refractivity contribution < 1.29 is 13.2 Å². The first-order valence-corrected chi connectivity index (χ1v) is 7.74. The molecule has 0 aliphatic carbocycles. The first-order chi connectivity index (χ1) is 9.89. The Morgan fingerprint density at radius 3 is 2.62 bits per heavy atom. The van der Waals surface area contributed by atoms with E-state index < -0.39 is 11.7 Å². The van der Waals surface area contributed by atoms with Gasteiger partial charge in [-0.15, -0.1) is 11.3 Å². The summed E-state index contributed by atoms with van der Waals surface area (Å²) in [4.78, 5) is 1.25. The molecule has 21 heavy (non-hydrogen) atoms. The minimum Gasteiger partial charge on any atom is -0.312 e. The highest BCUT2D eigenvalue weighted by Crippen LogP contribution is 2.36. The summed E-state index contributed by atoms with van der Waals surface area (Å²) in [5.41, 5.74) is -0.320. The highest BCUT2D eigenvalue weighted by molar-refractivity contribution is 7.10. The van der Waals surface area contributed by atoms with Gasteiger partial charge in [0.25, 0.3) is 0 Å². The summed E-state index contributed by atoms with van der Waals surface area (Å²) in [5.74, 6) is 0.314. The number of hydrogen-bond donors (Lipinski definition) is 1. The van der Waals surface area contributed by atoms with Gasteiger partial charge in [0.05, 0.1) is 10.6 Å². The van der Waals surface area contributed by atoms with Gasteiger partial charge in [-0.3, -0.25) is 0 Å². The molecular formula is C15H15ClF3NS. The van der Waals surface area contributed by atoms with Gasteiger partial charge in [-0.1, -0.05) is 36.7 Å². The summed E-state index contributed by atoms with van der Waals surface area (Å²) in [6.07, 6.45) is -4.42. The van der Waals surface area contributed by atoms with Crippen LogP contribution in [0.4, 0.5) is 13.2 Å². The molecule has 1 aromatic heterocycles. The van der Waals surface area contributed by atoms with Crippen LogP contribution in [0.25, 0.3) is 0 Å². The van der Waals surface area contributed by atoms with E-state index in [4.69, 9.17) is 11.6 Å². The molecule has 0 radical (unpaired) electrons. The van der Waals surface area contributed by atoms with Crippen molar-refractivity contribution in [1.29, 1.82) is 0 Å². The van der Waals surface area contributed by atoms with Crippen molar-refractivity contribution in [3.05, 3.63) is 56.7 Å². The molecule has 1 atom stereocenters. The number of benzene rings is 1. The van der Waals surface area contributed by atoms with E-state index >= 15 is 0 Å². The van der Waals surface area contributed by atoms with E-state index in [0.717, 1.165) is 6.07 Å². The van der Waals surface area contributed by atoms with Crippen molar-refractivity contribution in [3.63, 3.8) is 0 Å². The lowest BCUT2D eigenvalue weighted by Crippen LogP contribution is -2.20. The van der Waals surface area contributed by atoms with E-state index in [-0.39, 0.29) is 5.02 Å². The van der Waals surface area contributed by atoms with Crippen LogP contribution in [0.1, 0.15) is 28.8 Å². The summed E-state index contributed by atoms with van der Waals surface area (Å²) in [7, 11) is 0. The zero-order valence-corrected chi connectivity index (χ0v) is 12.9. The third kappa shape index (κ3) is 4.22. The molecule has 1 heterocycles. The van der Waals surface area contributed by atoms with Crippen LogP contribution in [0.3, 0.4) is 0 Å². The number of thiophene rings is 1. The van der Waals surface area contributed by atoms with E-state index in [2.05, 4.69) is 12.2 Å². The predicted octanol–water partition coefficient (Wildman–Crippen LogP) is 5.31. The van der Waals surface area contributed by atoms with Gasteiger partial charge in [0.2, 0.25) is 0 Å².